The van der Waals surface area contributed by atoms with E-state index in [1.165, 1.54) is 12.1 Å². The summed E-state index contributed by atoms with van der Waals surface area (Å²) >= 11 is 0. The molecule has 1 amide bonds. The van der Waals surface area contributed by atoms with Crippen LogP contribution in [0.1, 0.15) is 24.4 Å². The molecule has 0 radical (unpaired) electrons. The molecule has 1 aliphatic heterocycles. The average molecular weight is 400 g/mol. The molecule has 4 nitrogen and oxygen atoms in total. The monoisotopic (exact) mass is 399 g/mol. The summed E-state index contributed by atoms with van der Waals surface area (Å²) in [4.78, 5) is 14.5. The van der Waals surface area contributed by atoms with Crippen molar-refractivity contribution in [1.29, 1.82) is 0 Å². The first kappa shape index (κ1) is 22.2. The smallest absolute Gasteiger partial charge is 0.241 e. The first-order valence-corrected chi connectivity index (χ1v) is 8.25. The Morgan fingerprint density at radius 2 is 1.88 bits per heavy atom. The highest BCUT2D eigenvalue weighted by Crippen LogP contribution is 2.21. The van der Waals surface area contributed by atoms with E-state index in [4.69, 9.17) is 5.73 Å². The minimum Gasteiger partial charge on any atom is -0.369 e. The lowest BCUT2D eigenvalue weighted by Gasteiger charge is -2.35. The molecule has 0 aliphatic carbocycles. The fourth-order valence-corrected chi connectivity index (χ4v) is 3.11. The van der Waals surface area contributed by atoms with E-state index >= 15 is 0 Å². The van der Waals surface area contributed by atoms with Gasteiger partial charge in [-0.15, -0.1) is 24.8 Å². The van der Waals surface area contributed by atoms with Gasteiger partial charge in [0.1, 0.15) is 11.9 Å². The topological polar surface area (TPSA) is 58.4 Å². The van der Waals surface area contributed by atoms with E-state index in [-0.39, 0.29) is 42.6 Å². The molecule has 3 N–H and O–H groups in total. The molecule has 2 atom stereocenters. The number of nitrogens with zero attached hydrogens (tertiary/aromatic N) is 1. The van der Waals surface area contributed by atoms with Crippen molar-refractivity contribution in [3.05, 3.63) is 66.0 Å². The lowest BCUT2D eigenvalue weighted by atomic mass is 10.0. The molecule has 0 saturated carbocycles. The minimum atomic E-state index is -0.671. The van der Waals surface area contributed by atoms with Gasteiger partial charge in [0, 0.05) is 24.8 Å². The van der Waals surface area contributed by atoms with Crippen molar-refractivity contribution in [2.45, 2.75) is 24.9 Å². The number of carbonyl (C=O) groups excluding carboxylic acids is 1. The summed E-state index contributed by atoms with van der Waals surface area (Å²) in [5, 5.41) is 3.03. The van der Waals surface area contributed by atoms with Crippen molar-refractivity contribution in [3.8, 4) is 0 Å². The number of carbonyl (C=O) groups is 1. The van der Waals surface area contributed by atoms with Crippen LogP contribution in [0, 0.1) is 5.82 Å². The number of rotatable bonds is 4. The van der Waals surface area contributed by atoms with Gasteiger partial charge in [-0.25, -0.2) is 4.39 Å². The number of halogens is 3. The van der Waals surface area contributed by atoms with Gasteiger partial charge in [0.15, 0.2) is 0 Å². The molecule has 1 fully saturated rings. The summed E-state index contributed by atoms with van der Waals surface area (Å²) in [7, 11) is 0. The van der Waals surface area contributed by atoms with Crippen molar-refractivity contribution in [1.82, 2.24) is 5.32 Å². The van der Waals surface area contributed by atoms with Gasteiger partial charge in [0.05, 0.1) is 0 Å². The highest BCUT2D eigenvalue weighted by atomic mass is 35.5. The van der Waals surface area contributed by atoms with E-state index in [0.29, 0.717) is 6.54 Å². The van der Waals surface area contributed by atoms with Crippen LogP contribution >= 0.6 is 24.8 Å². The first-order chi connectivity index (χ1) is 11.6. The number of hydrogen-bond donors (Lipinski definition) is 2. The third-order valence-electron chi connectivity index (χ3n) is 4.38. The molecule has 7 heteroatoms. The molecule has 3 rings (SSSR count). The Labute approximate surface area is 165 Å². The summed E-state index contributed by atoms with van der Waals surface area (Å²) in [5.74, 6) is -0.419. The molecule has 26 heavy (non-hydrogen) atoms. The maximum atomic E-state index is 13.4. The molecule has 2 aromatic carbocycles. The zero-order valence-corrected chi connectivity index (χ0v) is 15.9. The van der Waals surface area contributed by atoms with Crippen LogP contribution in [0.4, 0.5) is 10.1 Å². The zero-order valence-electron chi connectivity index (χ0n) is 14.3. The van der Waals surface area contributed by atoms with E-state index in [1.807, 2.05) is 36.4 Å². The summed E-state index contributed by atoms with van der Waals surface area (Å²) in [5.41, 5.74) is 7.69. The molecule has 0 bridgehead atoms. The number of anilines is 1. The number of benzene rings is 2. The molecular weight excluding hydrogens is 376 g/mol. The van der Waals surface area contributed by atoms with E-state index in [2.05, 4.69) is 10.2 Å². The summed E-state index contributed by atoms with van der Waals surface area (Å²) in [6, 6.07) is 15.2. The quantitative estimate of drug-likeness (QED) is 0.827. The lowest BCUT2D eigenvalue weighted by molar-refractivity contribution is -0.123. The fourth-order valence-electron chi connectivity index (χ4n) is 3.11. The molecule has 2 unspecified atom stereocenters. The van der Waals surface area contributed by atoms with Crippen LogP contribution < -0.4 is 16.0 Å². The van der Waals surface area contributed by atoms with Crippen LogP contribution in [-0.2, 0) is 4.79 Å². The van der Waals surface area contributed by atoms with Crippen LogP contribution in [0.25, 0.3) is 0 Å². The summed E-state index contributed by atoms with van der Waals surface area (Å²) in [6.45, 7) is 1.53. The van der Waals surface area contributed by atoms with E-state index in [1.54, 1.807) is 6.07 Å². The molecule has 2 aromatic rings. The molecule has 0 aromatic heterocycles. The predicted molar refractivity (Wildman–Crippen MR) is 108 cm³/mol. The summed E-state index contributed by atoms with van der Waals surface area (Å²) < 4.78 is 13.4. The van der Waals surface area contributed by atoms with Gasteiger partial charge in [-0.3, -0.25) is 4.79 Å². The van der Waals surface area contributed by atoms with Gasteiger partial charge in [-0.05, 0) is 36.6 Å². The SMILES string of the molecule is Cl.Cl.NC(C(=O)NC1CCCN(c2cccc(F)c2)C1)c1ccccc1. The van der Waals surface area contributed by atoms with Gasteiger partial charge in [0.2, 0.25) is 5.91 Å². The highest BCUT2D eigenvalue weighted by molar-refractivity contribution is 5.85. The normalized spacial score (nSPS) is 17.5. The van der Waals surface area contributed by atoms with Crippen molar-refractivity contribution in [2.24, 2.45) is 5.73 Å². The van der Waals surface area contributed by atoms with Crippen molar-refractivity contribution < 1.29 is 9.18 Å². The van der Waals surface area contributed by atoms with Crippen molar-refractivity contribution in [2.75, 3.05) is 18.0 Å². The largest absolute Gasteiger partial charge is 0.369 e. The van der Waals surface area contributed by atoms with E-state index in [9.17, 15) is 9.18 Å². The molecule has 142 valence electrons. The third-order valence-corrected chi connectivity index (χ3v) is 4.38. The van der Waals surface area contributed by atoms with Gasteiger partial charge in [-0.1, -0.05) is 36.4 Å². The summed E-state index contributed by atoms with van der Waals surface area (Å²) in [6.07, 6.45) is 1.85. The van der Waals surface area contributed by atoms with Gasteiger partial charge < -0.3 is 16.0 Å². The molecule has 1 heterocycles. The molecular formula is C19H24Cl2FN3O. The second-order valence-corrected chi connectivity index (χ2v) is 6.16. The Balaban J connectivity index is 0.00000169. The Bertz CT molecular complexity index is 702. The van der Waals surface area contributed by atoms with Crippen LogP contribution in [0.3, 0.4) is 0 Å². The second-order valence-electron chi connectivity index (χ2n) is 6.16. The molecule has 1 saturated heterocycles. The van der Waals surface area contributed by atoms with Crippen LogP contribution in [-0.4, -0.2) is 25.0 Å². The second kappa shape index (κ2) is 10.4. The van der Waals surface area contributed by atoms with E-state index in [0.717, 1.165) is 30.6 Å². The third kappa shape index (κ3) is 5.59. The van der Waals surface area contributed by atoms with Crippen LogP contribution in [0.2, 0.25) is 0 Å². The fraction of sp³-hybridized carbons (Fsp3) is 0.316. The predicted octanol–water partition coefficient (Wildman–Crippen LogP) is 3.45. The van der Waals surface area contributed by atoms with E-state index < -0.39 is 6.04 Å². The molecule has 1 aliphatic rings. The van der Waals surface area contributed by atoms with Gasteiger partial charge in [-0.2, -0.15) is 0 Å². The Morgan fingerprint density at radius 1 is 1.15 bits per heavy atom. The van der Waals surface area contributed by atoms with Crippen LogP contribution in [0.5, 0.6) is 0 Å². The van der Waals surface area contributed by atoms with Crippen molar-refractivity contribution in [3.63, 3.8) is 0 Å². The number of nitrogens with one attached hydrogen (secondary N) is 1. The first-order valence-electron chi connectivity index (χ1n) is 8.25. The maximum absolute atomic E-state index is 13.4. The average Bonchev–Trinajstić information content (AvgIpc) is 2.62. The number of amides is 1. The highest BCUT2D eigenvalue weighted by Gasteiger charge is 2.24. The van der Waals surface area contributed by atoms with Gasteiger partial charge in [0.25, 0.3) is 0 Å². The zero-order chi connectivity index (χ0) is 16.9. The maximum Gasteiger partial charge on any atom is 0.241 e. The Hall–Kier alpha value is -1.82. The van der Waals surface area contributed by atoms with Gasteiger partial charge >= 0.3 is 0 Å². The molecule has 0 spiro atoms. The standard InChI is InChI=1S/C19H22FN3O.2ClH/c20-15-8-4-10-17(12-15)23-11-5-9-16(13-23)22-19(24)18(21)14-6-2-1-3-7-14;;/h1-4,6-8,10,12,16,18H,5,9,11,13,21H2,(H,22,24);2*1H. The van der Waals surface area contributed by atoms with Crippen molar-refractivity contribution >= 4 is 36.4 Å². The number of nitrogens with two attached hydrogens (primary N) is 1. The number of piperidine rings is 1. The Kier molecular flexibility index (Phi) is 8.85. The number of hydrogen-bond acceptors (Lipinski definition) is 3. The van der Waals surface area contributed by atoms with Crippen LogP contribution in [0.15, 0.2) is 54.6 Å². The Morgan fingerprint density at radius 3 is 2.58 bits per heavy atom. The lowest BCUT2D eigenvalue weighted by Crippen LogP contribution is -2.50. The minimum absolute atomic E-state index is 0.